The lowest BCUT2D eigenvalue weighted by atomic mass is 9.84. The molecule has 1 fully saturated rings. The smallest absolute Gasteiger partial charge is 0.410 e. The molecule has 5 nitrogen and oxygen atoms in total. The number of esters is 1. The summed E-state index contributed by atoms with van der Waals surface area (Å²) in [6, 6.07) is 0. The van der Waals surface area contributed by atoms with E-state index in [9.17, 15) is 9.59 Å². The van der Waals surface area contributed by atoms with Gasteiger partial charge in [0, 0.05) is 19.0 Å². The number of carbonyl (C=O) groups is 2. The first-order valence-electron chi connectivity index (χ1n) is 6.93. The summed E-state index contributed by atoms with van der Waals surface area (Å²) in [5, 5.41) is 0. The minimum Gasteiger partial charge on any atom is -0.466 e. The summed E-state index contributed by atoms with van der Waals surface area (Å²) < 4.78 is 10.3. The summed E-state index contributed by atoms with van der Waals surface area (Å²) in [6.07, 6.45) is 0.438. The SMILES string of the molecule is CCOC(=O)C(CC)C1CN(C(=O)OC(C)(C)C)C1. The van der Waals surface area contributed by atoms with Crippen molar-refractivity contribution in [2.45, 2.75) is 46.6 Å². The lowest BCUT2D eigenvalue weighted by Gasteiger charge is -2.42. The first-order chi connectivity index (χ1) is 8.78. The van der Waals surface area contributed by atoms with Gasteiger partial charge in [-0.1, -0.05) is 6.92 Å². The van der Waals surface area contributed by atoms with E-state index in [-0.39, 0.29) is 23.9 Å². The second-order valence-corrected chi connectivity index (χ2v) is 5.91. The molecule has 1 heterocycles. The quantitative estimate of drug-likeness (QED) is 0.737. The molecule has 1 aliphatic heterocycles. The zero-order chi connectivity index (χ0) is 14.6. The molecule has 5 heteroatoms. The second kappa shape index (κ2) is 6.26. The Bertz CT molecular complexity index is 329. The first-order valence-corrected chi connectivity index (χ1v) is 6.93. The lowest BCUT2D eigenvalue weighted by molar-refractivity contribution is -0.152. The Balaban J connectivity index is 2.43. The summed E-state index contributed by atoms with van der Waals surface area (Å²) >= 11 is 0. The number of hydrogen-bond donors (Lipinski definition) is 0. The molecule has 0 saturated carbocycles. The summed E-state index contributed by atoms with van der Waals surface area (Å²) in [4.78, 5) is 25.2. The van der Waals surface area contributed by atoms with E-state index in [1.807, 2.05) is 27.7 Å². The molecule has 0 aromatic heterocycles. The number of amides is 1. The molecule has 1 unspecified atom stereocenters. The molecule has 1 aliphatic rings. The third-order valence-electron chi connectivity index (χ3n) is 3.16. The summed E-state index contributed by atoms with van der Waals surface area (Å²) in [5.41, 5.74) is -0.479. The largest absolute Gasteiger partial charge is 0.466 e. The number of likely N-dealkylation sites (tertiary alicyclic amines) is 1. The van der Waals surface area contributed by atoms with Crippen LogP contribution in [0.5, 0.6) is 0 Å². The van der Waals surface area contributed by atoms with Gasteiger partial charge in [0.1, 0.15) is 5.60 Å². The Hall–Kier alpha value is -1.26. The molecule has 1 atom stereocenters. The van der Waals surface area contributed by atoms with Crippen molar-refractivity contribution in [3.8, 4) is 0 Å². The lowest BCUT2D eigenvalue weighted by Crippen LogP contribution is -2.55. The van der Waals surface area contributed by atoms with E-state index >= 15 is 0 Å². The van der Waals surface area contributed by atoms with Crippen molar-refractivity contribution < 1.29 is 19.1 Å². The highest BCUT2D eigenvalue weighted by Crippen LogP contribution is 2.28. The molecule has 1 saturated heterocycles. The van der Waals surface area contributed by atoms with E-state index in [0.717, 1.165) is 6.42 Å². The summed E-state index contributed by atoms with van der Waals surface area (Å²) in [7, 11) is 0. The van der Waals surface area contributed by atoms with Crippen LogP contribution in [-0.2, 0) is 14.3 Å². The normalized spacial score (nSPS) is 17.6. The second-order valence-electron chi connectivity index (χ2n) is 5.91. The Labute approximate surface area is 115 Å². The molecule has 0 N–H and O–H groups in total. The third-order valence-corrected chi connectivity index (χ3v) is 3.16. The number of rotatable bonds is 4. The summed E-state index contributed by atoms with van der Waals surface area (Å²) in [6.45, 7) is 10.9. The van der Waals surface area contributed by atoms with Crippen LogP contribution >= 0.6 is 0 Å². The number of nitrogens with zero attached hydrogens (tertiary/aromatic N) is 1. The van der Waals surface area contributed by atoms with Gasteiger partial charge in [0.05, 0.1) is 12.5 Å². The molecule has 0 bridgehead atoms. The molecule has 0 spiro atoms. The van der Waals surface area contributed by atoms with E-state index < -0.39 is 5.60 Å². The van der Waals surface area contributed by atoms with Gasteiger partial charge in [-0.2, -0.15) is 0 Å². The summed E-state index contributed by atoms with van der Waals surface area (Å²) in [5.74, 6) is -0.0750. The fraction of sp³-hybridized carbons (Fsp3) is 0.857. The number of hydrogen-bond acceptors (Lipinski definition) is 4. The van der Waals surface area contributed by atoms with Crippen LogP contribution in [0.4, 0.5) is 4.79 Å². The fourth-order valence-electron chi connectivity index (χ4n) is 2.18. The molecular weight excluding hydrogens is 246 g/mol. The van der Waals surface area contributed by atoms with Crippen molar-refractivity contribution in [3.63, 3.8) is 0 Å². The van der Waals surface area contributed by atoms with Crippen LogP contribution in [0.3, 0.4) is 0 Å². The molecule has 19 heavy (non-hydrogen) atoms. The van der Waals surface area contributed by atoms with Crippen LogP contribution in [0.25, 0.3) is 0 Å². The Morgan fingerprint density at radius 3 is 2.26 bits per heavy atom. The minimum absolute atomic E-state index is 0.112. The molecule has 0 aromatic carbocycles. The van der Waals surface area contributed by atoms with Gasteiger partial charge in [-0.3, -0.25) is 4.79 Å². The Morgan fingerprint density at radius 1 is 1.26 bits per heavy atom. The monoisotopic (exact) mass is 271 g/mol. The van der Waals surface area contributed by atoms with Crippen LogP contribution in [0.15, 0.2) is 0 Å². The Morgan fingerprint density at radius 2 is 1.84 bits per heavy atom. The molecule has 1 rings (SSSR count). The van der Waals surface area contributed by atoms with Crippen LogP contribution in [0.1, 0.15) is 41.0 Å². The van der Waals surface area contributed by atoms with Gasteiger partial charge in [0.2, 0.25) is 0 Å². The van der Waals surface area contributed by atoms with Crippen LogP contribution in [-0.4, -0.2) is 42.3 Å². The highest BCUT2D eigenvalue weighted by atomic mass is 16.6. The maximum atomic E-state index is 11.8. The van der Waals surface area contributed by atoms with Gasteiger partial charge in [-0.05, 0) is 34.1 Å². The maximum absolute atomic E-state index is 11.8. The molecule has 0 aromatic rings. The highest BCUT2D eigenvalue weighted by Gasteiger charge is 2.40. The van der Waals surface area contributed by atoms with E-state index in [2.05, 4.69) is 0 Å². The van der Waals surface area contributed by atoms with Crippen molar-refractivity contribution in [3.05, 3.63) is 0 Å². The van der Waals surface area contributed by atoms with Gasteiger partial charge in [-0.25, -0.2) is 4.79 Å². The molecule has 1 amide bonds. The van der Waals surface area contributed by atoms with E-state index in [1.165, 1.54) is 0 Å². The average molecular weight is 271 g/mol. The van der Waals surface area contributed by atoms with Crippen molar-refractivity contribution in [1.82, 2.24) is 4.90 Å². The minimum atomic E-state index is -0.479. The van der Waals surface area contributed by atoms with E-state index in [4.69, 9.17) is 9.47 Å². The third kappa shape index (κ3) is 4.40. The molecule has 110 valence electrons. The van der Waals surface area contributed by atoms with Crippen LogP contribution < -0.4 is 0 Å². The number of ether oxygens (including phenoxy) is 2. The van der Waals surface area contributed by atoms with E-state index in [1.54, 1.807) is 11.8 Å². The fourth-order valence-corrected chi connectivity index (χ4v) is 2.18. The van der Waals surface area contributed by atoms with Crippen molar-refractivity contribution in [2.24, 2.45) is 11.8 Å². The van der Waals surface area contributed by atoms with Gasteiger partial charge >= 0.3 is 12.1 Å². The van der Waals surface area contributed by atoms with Crippen molar-refractivity contribution >= 4 is 12.1 Å². The van der Waals surface area contributed by atoms with Gasteiger partial charge in [-0.15, -0.1) is 0 Å². The topological polar surface area (TPSA) is 55.8 Å². The van der Waals surface area contributed by atoms with E-state index in [0.29, 0.717) is 19.7 Å². The van der Waals surface area contributed by atoms with Crippen molar-refractivity contribution in [2.75, 3.05) is 19.7 Å². The number of carbonyl (C=O) groups excluding carboxylic acids is 2. The van der Waals surface area contributed by atoms with Gasteiger partial charge in [0.25, 0.3) is 0 Å². The Kier molecular flexibility index (Phi) is 5.20. The zero-order valence-electron chi connectivity index (χ0n) is 12.6. The maximum Gasteiger partial charge on any atom is 0.410 e. The molecule has 0 aliphatic carbocycles. The van der Waals surface area contributed by atoms with Crippen LogP contribution in [0, 0.1) is 11.8 Å². The van der Waals surface area contributed by atoms with Crippen molar-refractivity contribution in [1.29, 1.82) is 0 Å². The van der Waals surface area contributed by atoms with Gasteiger partial charge < -0.3 is 14.4 Å². The first kappa shape index (κ1) is 15.8. The van der Waals surface area contributed by atoms with Crippen LogP contribution in [0.2, 0.25) is 0 Å². The molecular formula is C14H25NO4. The predicted octanol–water partition coefficient (Wildman–Crippen LogP) is 2.44. The molecule has 0 radical (unpaired) electrons. The standard InChI is InChI=1S/C14H25NO4/c1-6-11(12(16)18-7-2)10-8-15(9-10)13(17)19-14(3,4)5/h10-11H,6-9H2,1-5H3. The highest BCUT2D eigenvalue weighted by molar-refractivity contribution is 5.74. The average Bonchev–Trinajstić information content (AvgIpc) is 2.19. The van der Waals surface area contributed by atoms with Gasteiger partial charge in [0.15, 0.2) is 0 Å². The predicted molar refractivity (Wildman–Crippen MR) is 71.7 cm³/mol. The zero-order valence-corrected chi connectivity index (χ0v) is 12.6.